The van der Waals surface area contributed by atoms with Crippen molar-refractivity contribution in [2.45, 2.75) is 12.8 Å². The standard InChI is InChI=1S/C8H18N2O/c11-8-4-9-3-7-10-5-1-2-6-10/h9,11H,1-8H2/p+1. The summed E-state index contributed by atoms with van der Waals surface area (Å²) in [5.41, 5.74) is 0. The lowest BCUT2D eigenvalue weighted by atomic mass is 10.4. The second-order valence-corrected chi connectivity index (χ2v) is 3.05. The van der Waals surface area contributed by atoms with Gasteiger partial charge in [-0.15, -0.1) is 0 Å². The summed E-state index contributed by atoms with van der Waals surface area (Å²) in [5.74, 6) is 0. The molecule has 3 nitrogen and oxygen atoms in total. The Bertz CT molecular complexity index is 92.1. The van der Waals surface area contributed by atoms with Gasteiger partial charge in [-0.3, -0.25) is 0 Å². The van der Waals surface area contributed by atoms with E-state index in [2.05, 4.69) is 10.2 Å². The van der Waals surface area contributed by atoms with E-state index in [9.17, 15) is 0 Å². The molecule has 11 heavy (non-hydrogen) atoms. The zero-order valence-electron chi connectivity index (χ0n) is 7.10. The van der Waals surface area contributed by atoms with Gasteiger partial charge < -0.3 is 15.3 Å². The van der Waals surface area contributed by atoms with E-state index in [1.165, 1.54) is 32.5 Å². The largest absolute Gasteiger partial charge is 0.444 e. The molecule has 1 aliphatic heterocycles. The van der Waals surface area contributed by atoms with Crippen molar-refractivity contribution >= 4 is 0 Å². The van der Waals surface area contributed by atoms with Gasteiger partial charge in [-0.05, 0) is 25.9 Å². The predicted molar refractivity (Wildman–Crippen MR) is 47.0 cm³/mol. The van der Waals surface area contributed by atoms with Crippen LogP contribution < -0.4 is 5.32 Å². The number of nitrogens with zero attached hydrogens (tertiary/aromatic N) is 1. The Hall–Kier alpha value is -0.120. The summed E-state index contributed by atoms with van der Waals surface area (Å²) >= 11 is 0. The molecule has 0 saturated carbocycles. The fraction of sp³-hybridized carbons (Fsp3) is 1.00. The molecule has 66 valence electrons. The fourth-order valence-corrected chi connectivity index (χ4v) is 1.46. The first-order valence-corrected chi connectivity index (χ1v) is 4.51. The van der Waals surface area contributed by atoms with Crippen molar-refractivity contribution in [3.8, 4) is 0 Å². The number of rotatable bonds is 5. The van der Waals surface area contributed by atoms with Crippen molar-refractivity contribution in [1.82, 2.24) is 10.2 Å². The van der Waals surface area contributed by atoms with Crippen LogP contribution in [0.25, 0.3) is 0 Å². The van der Waals surface area contributed by atoms with Crippen molar-refractivity contribution in [2.75, 3.05) is 39.3 Å². The summed E-state index contributed by atoms with van der Waals surface area (Å²) in [6.07, 6.45) is 2.75. The zero-order valence-corrected chi connectivity index (χ0v) is 7.10. The van der Waals surface area contributed by atoms with Crippen LogP contribution in [-0.2, 0) is 0 Å². The van der Waals surface area contributed by atoms with E-state index < -0.39 is 0 Å². The molecule has 1 saturated heterocycles. The molecule has 0 radical (unpaired) electrons. The minimum absolute atomic E-state index is 0.500. The lowest BCUT2D eigenvalue weighted by Crippen LogP contribution is -2.31. The molecular formula is C8H19N2O+. The maximum Gasteiger partial charge on any atom is 0.156 e. The Balaban J connectivity index is 1.86. The molecule has 0 aromatic rings. The molecule has 0 aliphatic carbocycles. The average Bonchev–Trinajstić information content (AvgIpc) is 2.50. The molecule has 0 bridgehead atoms. The highest BCUT2D eigenvalue weighted by atomic mass is 16.3. The molecular weight excluding hydrogens is 140 g/mol. The van der Waals surface area contributed by atoms with Gasteiger partial charge in [0.2, 0.25) is 0 Å². The molecule has 1 fully saturated rings. The molecule has 0 atom stereocenters. The summed E-state index contributed by atoms with van der Waals surface area (Å²) in [4.78, 5) is 2.48. The maximum atomic E-state index is 6.91. The molecule has 3 heteroatoms. The zero-order chi connectivity index (χ0) is 7.94. The van der Waals surface area contributed by atoms with Gasteiger partial charge in [-0.1, -0.05) is 0 Å². The number of likely N-dealkylation sites (tertiary alicyclic amines) is 1. The van der Waals surface area contributed by atoms with Crippen LogP contribution in [0.15, 0.2) is 0 Å². The number of nitrogens with one attached hydrogen (secondary N) is 1. The first-order valence-electron chi connectivity index (χ1n) is 4.51. The van der Waals surface area contributed by atoms with Crippen LogP contribution in [0.1, 0.15) is 12.8 Å². The normalized spacial score (nSPS) is 19.4. The van der Waals surface area contributed by atoms with Gasteiger partial charge in [0.15, 0.2) is 6.61 Å². The molecule has 0 spiro atoms. The molecule has 0 aromatic carbocycles. The van der Waals surface area contributed by atoms with E-state index in [0.29, 0.717) is 6.61 Å². The molecule has 0 aromatic heterocycles. The Morgan fingerprint density at radius 3 is 2.55 bits per heavy atom. The van der Waals surface area contributed by atoms with Crippen molar-refractivity contribution in [1.29, 1.82) is 0 Å². The van der Waals surface area contributed by atoms with Crippen LogP contribution in [-0.4, -0.2) is 49.3 Å². The molecule has 1 rings (SSSR count). The van der Waals surface area contributed by atoms with Crippen LogP contribution in [0.4, 0.5) is 0 Å². The van der Waals surface area contributed by atoms with Gasteiger partial charge in [-0.25, -0.2) is 0 Å². The van der Waals surface area contributed by atoms with Crippen molar-refractivity contribution in [3.63, 3.8) is 0 Å². The maximum absolute atomic E-state index is 6.91. The quantitative estimate of drug-likeness (QED) is 0.429. The third-order valence-electron chi connectivity index (χ3n) is 2.11. The molecule has 3 N–H and O–H groups in total. The summed E-state index contributed by atoms with van der Waals surface area (Å²) in [6.45, 7) is 6.12. The third-order valence-corrected chi connectivity index (χ3v) is 2.11. The molecule has 0 amide bonds. The highest BCUT2D eigenvalue weighted by molar-refractivity contribution is 4.66. The van der Waals surface area contributed by atoms with Gasteiger partial charge in [0.25, 0.3) is 0 Å². The molecule has 0 unspecified atom stereocenters. The smallest absolute Gasteiger partial charge is 0.156 e. The van der Waals surface area contributed by atoms with E-state index in [0.717, 1.165) is 13.1 Å². The Labute approximate surface area is 68.4 Å². The summed E-state index contributed by atoms with van der Waals surface area (Å²) in [7, 11) is 0. The van der Waals surface area contributed by atoms with E-state index in [-0.39, 0.29) is 0 Å². The monoisotopic (exact) mass is 159 g/mol. The second kappa shape index (κ2) is 5.52. The van der Waals surface area contributed by atoms with E-state index in [1.54, 1.807) is 0 Å². The van der Waals surface area contributed by atoms with Gasteiger partial charge in [0.05, 0.1) is 6.54 Å². The van der Waals surface area contributed by atoms with Crippen molar-refractivity contribution in [2.24, 2.45) is 0 Å². The topological polar surface area (TPSA) is 38.2 Å². The lowest BCUT2D eigenvalue weighted by Gasteiger charge is -2.13. The van der Waals surface area contributed by atoms with Crippen LogP contribution in [0.3, 0.4) is 0 Å². The number of hydrogen-bond donors (Lipinski definition) is 1. The van der Waals surface area contributed by atoms with E-state index in [4.69, 9.17) is 5.11 Å². The van der Waals surface area contributed by atoms with E-state index in [1.807, 2.05) is 0 Å². The average molecular weight is 159 g/mol. The summed E-state index contributed by atoms with van der Waals surface area (Å²) < 4.78 is 0. The van der Waals surface area contributed by atoms with Crippen molar-refractivity contribution < 1.29 is 5.11 Å². The van der Waals surface area contributed by atoms with Gasteiger partial charge in [0.1, 0.15) is 0 Å². The van der Waals surface area contributed by atoms with Crippen LogP contribution in [0.2, 0.25) is 0 Å². The van der Waals surface area contributed by atoms with Gasteiger partial charge >= 0.3 is 0 Å². The first kappa shape index (κ1) is 8.97. The Kier molecular flexibility index (Phi) is 4.50. The Morgan fingerprint density at radius 1 is 1.18 bits per heavy atom. The minimum Gasteiger partial charge on any atom is -0.444 e. The lowest BCUT2D eigenvalue weighted by molar-refractivity contribution is 0.282. The molecule has 1 aliphatic rings. The van der Waals surface area contributed by atoms with Crippen LogP contribution in [0, 0.1) is 0 Å². The predicted octanol–water partition coefficient (Wildman–Crippen LogP) is -0.604. The summed E-state index contributed by atoms with van der Waals surface area (Å²) in [6, 6.07) is 0. The fourth-order valence-electron chi connectivity index (χ4n) is 1.46. The number of hydrogen-bond acceptors (Lipinski definition) is 2. The third kappa shape index (κ3) is 3.70. The highest BCUT2D eigenvalue weighted by Crippen LogP contribution is 2.05. The summed E-state index contributed by atoms with van der Waals surface area (Å²) in [5, 5.41) is 10.1. The second-order valence-electron chi connectivity index (χ2n) is 3.05. The van der Waals surface area contributed by atoms with E-state index >= 15 is 0 Å². The minimum atomic E-state index is 0.500. The van der Waals surface area contributed by atoms with Crippen LogP contribution >= 0.6 is 0 Å². The van der Waals surface area contributed by atoms with Gasteiger partial charge in [0, 0.05) is 13.1 Å². The van der Waals surface area contributed by atoms with Crippen LogP contribution in [0.5, 0.6) is 0 Å². The van der Waals surface area contributed by atoms with Crippen molar-refractivity contribution in [3.05, 3.63) is 0 Å². The van der Waals surface area contributed by atoms with Gasteiger partial charge in [-0.2, -0.15) is 0 Å². The highest BCUT2D eigenvalue weighted by Gasteiger charge is 2.09. The SMILES string of the molecule is [OH2+]CCNCCN1CCCC1. The first-order chi connectivity index (χ1) is 5.43. The Morgan fingerprint density at radius 2 is 1.91 bits per heavy atom. The molecule has 1 heterocycles.